The third-order valence-corrected chi connectivity index (χ3v) is 7.25. The summed E-state index contributed by atoms with van der Waals surface area (Å²) in [6.07, 6.45) is 3.37. The van der Waals surface area contributed by atoms with Crippen LogP contribution >= 0.6 is 0 Å². The topological polar surface area (TPSA) is 44.8 Å². The van der Waals surface area contributed by atoms with Gasteiger partial charge in [-0.25, -0.2) is 0 Å². The van der Waals surface area contributed by atoms with Crippen LogP contribution in [0, 0.1) is 5.92 Å². The normalized spacial score (nSPS) is 26.0. The van der Waals surface area contributed by atoms with E-state index >= 15 is 0 Å². The predicted molar refractivity (Wildman–Crippen MR) is 116 cm³/mol. The SMILES string of the molecule is CC1(C)OB([C@@H]2c3ccccc3CC[C@H]2CCC(=O)O[Si](C)(C)C)OC1(C)C. The van der Waals surface area contributed by atoms with Gasteiger partial charge in [-0.2, -0.15) is 0 Å². The zero-order valence-electron chi connectivity index (χ0n) is 18.5. The maximum absolute atomic E-state index is 12.3. The van der Waals surface area contributed by atoms with E-state index < -0.39 is 8.32 Å². The van der Waals surface area contributed by atoms with Crippen LogP contribution in [0.5, 0.6) is 0 Å². The summed E-state index contributed by atoms with van der Waals surface area (Å²) in [6.45, 7) is 14.5. The minimum Gasteiger partial charge on any atom is -0.520 e. The number of carbonyl (C=O) groups excluding carboxylic acids is 1. The van der Waals surface area contributed by atoms with Gasteiger partial charge in [0, 0.05) is 12.2 Å². The fourth-order valence-corrected chi connectivity index (χ4v) is 5.07. The highest BCUT2D eigenvalue weighted by atomic mass is 28.4. The van der Waals surface area contributed by atoms with Gasteiger partial charge in [-0.05, 0) is 83.6 Å². The molecule has 0 spiro atoms. The van der Waals surface area contributed by atoms with Gasteiger partial charge in [0.05, 0.1) is 11.2 Å². The zero-order valence-corrected chi connectivity index (χ0v) is 19.5. The first-order valence-corrected chi connectivity index (χ1v) is 14.0. The first kappa shape index (κ1) is 21.6. The summed E-state index contributed by atoms with van der Waals surface area (Å²) in [5.41, 5.74) is 1.98. The largest absolute Gasteiger partial charge is 0.520 e. The lowest BCUT2D eigenvalue weighted by molar-refractivity contribution is -0.135. The van der Waals surface area contributed by atoms with Crippen LogP contribution in [0.4, 0.5) is 0 Å². The van der Waals surface area contributed by atoms with Crippen molar-refractivity contribution < 1.29 is 18.5 Å². The minimum absolute atomic E-state index is 0.0642. The highest BCUT2D eigenvalue weighted by molar-refractivity contribution is 6.71. The van der Waals surface area contributed by atoms with Crippen LogP contribution in [0.25, 0.3) is 0 Å². The Morgan fingerprint density at radius 1 is 1.14 bits per heavy atom. The summed E-state index contributed by atoms with van der Waals surface area (Å²) in [4.78, 5) is 12.3. The molecule has 1 fully saturated rings. The van der Waals surface area contributed by atoms with Crippen molar-refractivity contribution in [2.45, 2.75) is 90.0 Å². The Morgan fingerprint density at radius 2 is 1.75 bits per heavy atom. The Morgan fingerprint density at radius 3 is 2.36 bits per heavy atom. The molecule has 0 amide bonds. The van der Waals surface area contributed by atoms with Crippen LogP contribution in [0.3, 0.4) is 0 Å². The van der Waals surface area contributed by atoms with Crippen LogP contribution in [-0.2, 0) is 25.0 Å². The van der Waals surface area contributed by atoms with Crippen molar-refractivity contribution in [3.05, 3.63) is 35.4 Å². The standard InChI is InChI=1S/C22H35BO4Si/c1-21(2)22(3,4)27-23(26-21)20-17(14-15-19(24)25-28(5,6)7)13-12-16-10-8-9-11-18(16)20/h8-11,17,20H,12-15H2,1-7H3/t17-,20-/m0/s1. The Kier molecular flexibility index (Phi) is 5.88. The second-order valence-corrected chi connectivity index (χ2v) is 14.7. The number of rotatable bonds is 5. The van der Waals surface area contributed by atoms with Crippen LogP contribution in [0.15, 0.2) is 24.3 Å². The second-order valence-electron chi connectivity index (χ2n) is 10.3. The van der Waals surface area contributed by atoms with Crippen molar-refractivity contribution in [3.63, 3.8) is 0 Å². The molecule has 6 heteroatoms. The lowest BCUT2D eigenvalue weighted by Gasteiger charge is -2.35. The smallest absolute Gasteiger partial charge is 0.466 e. The lowest BCUT2D eigenvalue weighted by Crippen LogP contribution is -2.41. The van der Waals surface area contributed by atoms with Gasteiger partial charge in [0.2, 0.25) is 8.32 Å². The molecule has 0 saturated carbocycles. The predicted octanol–water partition coefficient (Wildman–Crippen LogP) is 5.12. The molecule has 2 aliphatic rings. The van der Waals surface area contributed by atoms with E-state index in [9.17, 15) is 4.79 Å². The molecular formula is C22H35BO4Si. The van der Waals surface area contributed by atoms with E-state index in [1.807, 2.05) is 0 Å². The van der Waals surface area contributed by atoms with Gasteiger partial charge in [-0.1, -0.05) is 24.3 Å². The molecule has 28 heavy (non-hydrogen) atoms. The van der Waals surface area contributed by atoms with E-state index in [1.165, 1.54) is 11.1 Å². The molecular weight excluding hydrogens is 367 g/mol. The van der Waals surface area contributed by atoms with Gasteiger partial charge in [0.25, 0.3) is 5.97 Å². The molecule has 0 bridgehead atoms. The fraction of sp³-hybridized carbons (Fsp3) is 0.682. The summed E-state index contributed by atoms with van der Waals surface area (Å²) in [5, 5.41) is 0. The van der Waals surface area contributed by atoms with E-state index in [2.05, 4.69) is 71.6 Å². The molecule has 154 valence electrons. The molecule has 0 radical (unpaired) electrons. The first-order valence-electron chi connectivity index (χ1n) is 10.5. The van der Waals surface area contributed by atoms with Crippen molar-refractivity contribution in [1.29, 1.82) is 0 Å². The molecule has 1 aromatic rings. The van der Waals surface area contributed by atoms with E-state index in [1.54, 1.807) is 0 Å². The number of hydrogen-bond acceptors (Lipinski definition) is 4. The molecule has 1 saturated heterocycles. The quantitative estimate of drug-likeness (QED) is 0.641. The fourth-order valence-electron chi connectivity index (χ4n) is 4.29. The molecule has 2 atom stereocenters. The summed E-state index contributed by atoms with van der Waals surface area (Å²) in [7, 11) is -2.13. The average Bonchev–Trinajstić information content (AvgIpc) is 2.78. The maximum atomic E-state index is 12.3. The van der Waals surface area contributed by atoms with Crippen molar-refractivity contribution in [2.75, 3.05) is 0 Å². The highest BCUT2D eigenvalue weighted by Gasteiger charge is 2.56. The molecule has 1 heterocycles. The Labute approximate surface area is 171 Å². The van der Waals surface area contributed by atoms with Crippen molar-refractivity contribution in [3.8, 4) is 0 Å². The molecule has 0 N–H and O–H groups in total. The first-order chi connectivity index (χ1) is 12.9. The van der Waals surface area contributed by atoms with Gasteiger partial charge in [-0.3, -0.25) is 4.79 Å². The molecule has 0 aromatic heterocycles. The van der Waals surface area contributed by atoms with Gasteiger partial charge in [-0.15, -0.1) is 0 Å². The van der Waals surface area contributed by atoms with Crippen molar-refractivity contribution >= 4 is 21.4 Å². The van der Waals surface area contributed by atoms with Crippen LogP contribution in [0.2, 0.25) is 19.6 Å². The number of carbonyl (C=O) groups is 1. The summed E-state index contributed by atoms with van der Waals surface area (Å²) < 4.78 is 18.6. The highest BCUT2D eigenvalue weighted by Crippen LogP contribution is 2.47. The Bertz CT molecular complexity index is 709. The van der Waals surface area contributed by atoms with Gasteiger partial charge in [0.1, 0.15) is 0 Å². The number of fused-ring (bicyclic) bond motifs is 1. The number of aryl methyl sites for hydroxylation is 1. The molecule has 1 aliphatic carbocycles. The third kappa shape index (κ3) is 4.55. The maximum Gasteiger partial charge on any atom is 0.466 e. The Hall–Kier alpha value is -1.11. The summed E-state index contributed by atoms with van der Waals surface area (Å²) in [5.74, 6) is 0.426. The van der Waals surface area contributed by atoms with Gasteiger partial charge >= 0.3 is 7.12 Å². The monoisotopic (exact) mass is 402 g/mol. The van der Waals surface area contributed by atoms with E-state index in [4.69, 9.17) is 13.7 Å². The minimum atomic E-state index is -1.84. The summed E-state index contributed by atoms with van der Waals surface area (Å²) >= 11 is 0. The number of benzene rings is 1. The molecule has 1 aliphatic heterocycles. The molecule has 0 unspecified atom stereocenters. The van der Waals surface area contributed by atoms with Crippen LogP contribution in [-0.4, -0.2) is 32.6 Å². The van der Waals surface area contributed by atoms with Gasteiger partial charge in [0.15, 0.2) is 0 Å². The Balaban J connectivity index is 1.81. The van der Waals surface area contributed by atoms with Crippen LogP contribution in [0.1, 0.15) is 63.9 Å². The molecule has 3 rings (SSSR count). The zero-order chi connectivity index (χ0) is 20.7. The molecule has 1 aromatic carbocycles. The van der Waals surface area contributed by atoms with E-state index in [-0.39, 0.29) is 30.1 Å². The van der Waals surface area contributed by atoms with E-state index in [0.29, 0.717) is 12.3 Å². The average molecular weight is 402 g/mol. The summed E-state index contributed by atoms with van der Waals surface area (Å²) in [6, 6.07) is 8.62. The third-order valence-electron chi connectivity index (χ3n) is 6.41. The van der Waals surface area contributed by atoms with Crippen LogP contribution < -0.4 is 0 Å². The van der Waals surface area contributed by atoms with Crippen molar-refractivity contribution in [1.82, 2.24) is 0 Å². The lowest BCUT2D eigenvalue weighted by atomic mass is 9.56. The molecule has 4 nitrogen and oxygen atoms in total. The second kappa shape index (κ2) is 7.62. The van der Waals surface area contributed by atoms with Crippen molar-refractivity contribution in [2.24, 2.45) is 5.92 Å². The van der Waals surface area contributed by atoms with Gasteiger partial charge < -0.3 is 13.7 Å². The van der Waals surface area contributed by atoms with E-state index in [0.717, 1.165) is 19.3 Å². The number of hydrogen-bond donors (Lipinski definition) is 0.